The molecule has 0 aliphatic carbocycles. The van der Waals surface area contributed by atoms with E-state index in [1.54, 1.807) is 4.90 Å². The number of rotatable bonds is 6. The van der Waals surface area contributed by atoms with Crippen molar-refractivity contribution in [3.05, 3.63) is 53.9 Å². The lowest BCUT2D eigenvalue weighted by molar-refractivity contribution is -0.138. The fraction of sp³-hybridized carbons (Fsp3) is 0.409. The minimum Gasteiger partial charge on any atom is -0.481 e. The lowest BCUT2D eigenvalue weighted by atomic mass is 9.98. The minimum atomic E-state index is -0.658. The van der Waals surface area contributed by atoms with Crippen molar-refractivity contribution in [2.75, 3.05) is 6.54 Å². The molecular formula is C22H26N2O3. The van der Waals surface area contributed by atoms with Gasteiger partial charge in [-0.3, -0.25) is 14.6 Å². The summed E-state index contributed by atoms with van der Waals surface area (Å²) in [4.78, 5) is 31.4. The lowest BCUT2D eigenvalue weighted by Gasteiger charge is -2.32. The average Bonchev–Trinajstić information content (AvgIpc) is 2.62. The van der Waals surface area contributed by atoms with Gasteiger partial charge in [-0.2, -0.15) is 0 Å². The molecule has 5 heteroatoms. The molecule has 0 bridgehead atoms. The van der Waals surface area contributed by atoms with E-state index in [1.807, 2.05) is 50.2 Å². The Morgan fingerprint density at radius 3 is 2.74 bits per heavy atom. The van der Waals surface area contributed by atoms with Gasteiger partial charge in [0.05, 0.1) is 17.8 Å². The molecule has 0 saturated heterocycles. The highest BCUT2D eigenvalue weighted by molar-refractivity contribution is 6.01. The maximum Gasteiger partial charge on any atom is 0.289 e. The third kappa shape index (κ3) is 4.73. The van der Waals surface area contributed by atoms with Crippen LogP contribution in [0, 0.1) is 0 Å². The number of nitrogens with zero attached hydrogens (tertiary/aromatic N) is 2. The van der Waals surface area contributed by atoms with Crippen LogP contribution in [-0.2, 0) is 20.9 Å². The number of hydrogen-bond donors (Lipinski definition) is 0. The average molecular weight is 366 g/mol. The number of fused-ring (bicyclic) bond motifs is 1. The van der Waals surface area contributed by atoms with Gasteiger partial charge in [0, 0.05) is 24.4 Å². The predicted octanol–water partition coefficient (Wildman–Crippen LogP) is 4.02. The standard InChI is InChI=1S/C22H26N2O3/c1-4-5-12-24(21(26)20-13-18(25)14-22(2,3)27-20)15-17-11-10-16-8-6-7-9-19(16)23-17/h6-11,13H,4-5,12,14-15H2,1-3H3. The third-order valence-corrected chi connectivity index (χ3v) is 4.57. The lowest BCUT2D eigenvalue weighted by Crippen LogP contribution is -2.39. The molecule has 1 aliphatic heterocycles. The first-order valence-corrected chi connectivity index (χ1v) is 9.45. The number of ketones is 1. The van der Waals surface area contributed by atoms with Crippen LogP contribution < -0.4 is 0 Å². The molecule has 0 saturated carbocycles. The first kappa shape index (κ1) is 19.1. The van der Waals surface area contributed by atoms with Gasteiger partial charge in [-0.25, -0.2) is 0 Å². The van der Waals surface area contributed by atoms with Gasteiger partial charge in [-0.15, -0.1) is 0 Å². The number of para-hydroxylation sites is 1. The minimum absolute atomic E-state index is 0.0751. The van der Waals surface area contributed by atoms with Crippen molar-refractivity contribution < 1.29 is 14.3 Å². The van der Waals surface area contributed by atoms with Crippen LogP contribution in [0.25, 0.3) is 10.9 Å². The highest BCUT2D eigenvalue weighted by Crippen LogP contribution is 2.26. The van der Waals surface area contributed by atoms with Gasteiger partial charge in [-0.05, 0) is 32.4 Å². The van der Waals surface area contributed by atoms with Crippen LogP contribution in [-0.4, -0.2) is 33.7 Å². The number of ether oxygens (including phenoxy) is 1. The Kier molecular flexibility index (Phi) is 5.59. The predicted molar refractivity (Wildman–Crippen MR) is 105 cm³/mol. The molecule has 3 rings (SSSR count). The Hall–Kier alpha value is -2.69. The van der Waals surface area contributed by atoms with Crippen molar-refractivity contribution >= 4 is 22.6 Å². The number of pyridine rings is 1. The first-order chi connectivity index (χ1) is 12.9. The molecule has 0 atom stereocenters. The number of benzene rings is 1. The van der Waals surface area contributed by atoms with Crippen molar-refractivity contribution in [3.8, 4) is 0 Å². The summed E-state index contributed by atoms with van der Waals surface area (Å²) in [5, 5.41) is 1.07. The van der Waals surface area contributed by atoms with E-state index in [9.17, 15) is 9.59 Å². The summed E-state index contributed by atoms with van der Waals surface area (Å²) >= 11 is 0. The number of aromatic nitrogens is 1. The number of carbonyl (C=O) groups excluding carboxylic acids is 2. The van der Waals surface area contributed by atoms with E-state index in [2.05, 4.69) is 11.9 Å². The summed E-state index contributed by atoms with van der Waals surface area (Å²) < 4.78 is 5.80. The Morgan fingerprint density at radius 2 is 2.00 bits per heavy atom. The molecule has 0 spiro atoms. The van der Waals surface area contributed by atoms with Gasteiger partial charge in [-0.1, -0.05) is 37.6 Å². The van der Waals surface area contributed by atoms with E-state index in [1.165, 1.54) is 6.08 Å². The molecule has 2 heterocycles. The topological polar surface area (TPSA) is 59.5 Å². The number of hydrogen-bond acceptors (Lipinski definition) is 4. The van der Waals surface area contributed by atoms with Gasteiger partial charge >= 0.3 is 0 Å². The highest BCUT2D eigenvalue weighted by Gasteiger charge is 2.33. The van der Waals surface area contributed by atoms with Gasteiger partial charge in [0.2, 0.25) is 0 Å². The number of unbranched alkanes of at least 4 members (excludes halogenated alkanes) is 1. The molecule has 1 aliphatic rings. The van der Waals surface area contributed by atoms with Gasteiger partial charge in [0.15, 0.2) is 11.5 Å². The van der Waals surface area contributed by atoms with Crippen LogP contribution in [0.2, 0.25) is 0 Å². The van der Waals surface area contributed by atoms with Crippen molar-refractivity contribution in [1.82, 2.24) is 9.88 Å². The second kappa shape index (κ2) is 7.91. The van der Waals surface area contributed by atoms with Gasteiger partial charge in [0.1, 0.15) is 5.60 Å². The molecule has 2 aromatic rings. The second-order valence-electron chi connectivity index (χ2n) is 7.59. The summed E-state index contributed by atoms with van der Waals surface area (Å²) in [5.41, 5.74) is 1.07. The smallest absolute Gasteiger partial charge is 0.289 e. The summed E-state index contributed by atoms with van der Waals surface area (Å²) in [6.07, 6.45) is 3.47. The van der Waals surface area contributed by atoms with Crippen LogP contribution in [0.5, 0.6) is 0 Å². The third-order valence-electron chi connectivity index (χ3n) is 4.57. The Balaban J connectivity index is 1.84. The Morgan fingerprint density at radius 1 is 1.22 bits per heavy atom. The molecule has 1 aromatic carbocycles. The van der Waals surface area contributed by atoms with Crippen LogP contribution >= 0.6 is 0 Å². The maximum absolute atomic E-state index is 13.1. The van der Waals surface area contributed by atoms with Crippen molar-refractivity contribution in [3.63, 3.8) is 0 Å². The van der Waals surface area contributed by atoms with Crippen LogP contribution in [0.3, 0.4) is 0 Å². The molecule has 0 unspecified atom stereocenters. The summed E-state index contributed by atoms with van der Waals surface area (Å²) in [5.74, 6) is -0.193. The molecule has 0 radical (unpaired) electrons. The van der Waals surface area contributed by atoms with E-state index in [0.717, 1.165) is 29.4 Å². The van der Waals surface area contributed by atoms with E-state index >= 15 is 0 Å². The zero-order valence-electron chi connectivity index (χ0n) is 16.2. The summed E-state index contributed by atoms with van der Waals surface area (Å²) in [6.45, 7) is 6.72. The molecule has 1 aromatic heterocycles. The fourth-order valence-electron chi connectivity index (χ4n) is 3.23. The second-order valence-corrected chi connectivity index (χ2v) is 7.59. The molecule has 142 valence electrons. The SMILES string of the molecule is CCCCN(Cc1ccc2ccccc2n1)C(=O)C1=CC(=O)CC(C)(C)O1. The van der Waals surface area contributed by atoms with Crippen molar-refractivity contribution in [2.24, 2.45) is 0 Å². The van der Waals surface area contributed by atoms with Crippen molar-refractivity contribution in [2.45, 2.75) is 52.2 Å². The molecule has 1 amide bonds. The van der Waals surface area contributed by atoms with Crippen LogP contribution in [0.4, 0.5) is 0 Å². The Labute approximate surface area is 160 Å². The largest absolute Gasteiger partial charge is 0.481 e. The van der Waals surface area contributed by atoms with E-state index in [0.29, 0.717) is 13.1 Å². The Bertz CT molecular complexity index is 886. The van der Waals surface area contributed by atoms with Crippen LogP contribution in [0.15, 0.2) is 48.2 Å². The summed E-state index contributed by atoms with van der Waals surface area (Å²) in [6, 6.07) is 11.9. The normalized spacial score (nSPS) is 16.0. The zero-order valence-corrected chi connectivity index (χ0v) is 16.2. The monoisotopic (exact) mass is 366 g/mol. The van der Waals surface area contributed by atoms with Gasteiger partial charge < -0.3 is 9.64 Å². The molecule has 5 nitrogen and oxygen atoms in total. The summed E-state index contributed by atoms with van der Waals surface area (Å²) in [7, 11) is 0. The zero-order chi connectivity index (χ0) is 19.4. The molecule has 27 heavy (non-hydrogen) atoms. The number of carbonyl (C=O) groups is 2. The van der Waals surface area contributed by atoms with Gasteiger partial charge in [0.25, 0.3) is 5.91 Å². The maximum atomic E-state index is 13.1. The first-order valence-electron chi connectivity index (χ1n) is 9.45. The highest BCUT2D eigenvalue weighted by atomic mass is 16.5. The van der Waals surface area contributed by atoms with Crippen LogP contribution in [0.1, 0.15) is 45.7 Å². The van der Waals surface area contributed by atoms with E-state index in [4.69, 9.17) is 4.74 Å². The molecule has 0 fully saturated rings. The fourth-order valence-corrected chi connectivity index (χ4v) is 3.23. The molecular weight excluding hydrogens is 340 g/mol. The van der Waals surface area contributed by atoms with Crippen molar-refractivity contribution in [1.29, 1.82) is 0 Å². The molecule has 0 N–H and O–H groups in total. The number of amides is 1. The van der Waals surface area contributed by atoms with E-state index in [-0.39, 0.29) is 23.9 Å². The van der Waals surface area contributed by atoms with E-state index < -0.39 is 5.60 Å². The quantitative estimate of drug-likeness (QED) is 0.775. The number of allylic oxidation sites excluding steroid dienone is 1.